The molecule has 0 amide bonds. The summed E-state index contributed by atoms with van der Waals surface area (Å²) in [5.74, 6) is 0.831. The maximum absolute atomic E-state index is 4.26. The van der Waals surface area contributed by atoms with Crippen LogP contribution in [-0.4, -0.2) is 19.9 Å². The number of hydrogen-bond acceptors (Lipinski definition) is 3. The predicted molar refractivity (Wildman–Crippen MR) is 280 cm³/mol. The Balaban J connectivity index is 1.76. The second-order valence-electron chi connectivity index (χ2n) is 20.5. The van der Waals surface area contributed by atoms with Crippen LogP contribution in [0.2, 0.25) is 0 Å². The van der Waals surface area contributed by atoms with Gasteiger partial charge in [-0.1, -0.05) is 149 Å². The lowest BCUT2D eigenvalue weighted by atomic mass is 9.62. The summed E-state index contributed by atoms with van der Waals surface area (Å²) in [6.45, 7) is 41.9. The Morgan fingerprint density at radius 3 is 2.29 bits per heavy atom. The molecule has 2 heterocycles. The normalized spacial score (nSPS) is 21.6. The molecule has 0 spiro atoms. The Morgan fingerprint density at radius 1 is 1.00 bits per heavy atom. The van der Waals surface area contributed by atoms with E-state index in [1.54, 1.807) is 0 Å². The number of benzene rings is 2. The first-order chi connectivity index (χ1) is 29.4. The maximum atomic E-state index is 4.26. The number of allylic oxidation sites excluding steroid dienone is 11. The summed E-state index contributed by atoms with van der Waals surface area (Å²) in [5, 5.41) is 1.36. The highest BCUT2D eigenvalue weighted by Gasteiger charge is 2.39. The van der Waals surface area contributed by atoms with Crippen molar-refractivity contribution < 1.29 is 0 Å². The van der Waals surface area contributed by atoms with Crippen LogP contribution < -0.4 is 20.0 Å². The molecule has 2 aliphatic carbocycles. The van der Waals surface area contributed by atoms with Crippen LogP contribution in [0.4, 0.5) is 11.4 Å². The molecule has 4 heteroatoms. The third-order valence-corrected chi connectivity index (χ3v) is 15.4. The van der Waals surface area contributed by atoms with Crippen molar-refractivity contribution in [2.45, 2.75) is 151 Å². The maximum Gasteiger partial charge on any atom is 0.210 e. The van der Waals surface area contributed by atoms with Gasteiger partial charge in [0.05, 0.1) is 11.7 Å². The van der Waals surface area contributed by atoms with E-state index in [1.807, 2.05) is 23.5 Å². The summed E-state index contributed by atoms with van der Waals surface area (Å²) >= 11 is 1.98. The number of aryl methyl sites for hydroxylation is 1. The lowest BCUT2D eigenvalue weighted by molar-refractivity contribution is 0.332. The molecule has 3 aromatic rings. The molecule has 1 radical (unpaired) electrons. The monoisotopic (exact) mass is 844 g/mol. The number of thiophene rings is 1. The largest absolute Gasteiger partial charge is 0.337 e. The minimum absolute atomic E-state index is 0.0146. The second-order valence-corrected chi connectivity index (χ2v) is 21.6. The van der Waals surface area contributed by atoms with E-state index in [4.69, 9.17) is 0 Å². The number of nitrogens with zero attached hydrogens (tertiary/aromatic N) is 2. The molecule has 1 aromatic heterocycles. The molecule has 0 N–H and O–H groups in total. The minimum atomic E-state index is 0.0146. The highest BCUT2D eigenvalue weighted by Crippen LogP contribution is 2.49. The standard InChI is InChI=1S/C58H76BN2S/c1-17-24-44-29-32-60(43(20-4)26-23-25-38(7)8)54-46-35-48-49(58(15,16)31-30-57(48,13)14)37-53(46)62-55(54)59-50-36-47(56(11,12)22-6)41(19-3)33-52(50)61(44)51-34-42(28-27-40(51)10)45(21-5)39(9)18-2/h17-18,20-21,23-24,26-29,33-38,40,51H,2,5,19,22,25,30-32H2,1,3-4,6-16H3/b24-17-,26-23-,43-20+,44-29+,45-39+. The van der Waals surface area contributed by atoms with Crippen LogP contribution >= 0.6 is 11.3 Å². The van der Waals surface area contributed by atoms with Crippen LogP contribution in [0.1, 0.15) is 145 Å². The van der Waals surface area contributed by atoms with E-state index in [0.29, 0.717) is 5.92 Å². The zero-order valence-corrected chi connectivity index (χ0v) is 41.7. The molecular formula is C58H76BN2S. The fraction of sp³-hybridized carbons (Fsp3) is 0.448. The molecule has 1 aliphatic heterocycles. The lowest BCUT2D eigenvalue weighted by Gasteiger charge is -2.42. The summed E-state index contributed by atoms with van der Waals surface area (Å²) in [6.07, 6.45) is 30.7. The van der Waals surface area contributed by atoms with Crippen molar-refractivity contribution in [3.05, 3.63) is 155 Å². The lowest BCUT2D eigenvalue weighted by Crippen LogP contribution is -2.44. The molecule has 2 aromatic carbocycles. The SMILES string of the molecule is C=C/C(C)=C(\C=C)C1=CC(N2C(/C=C\C)=C/CN(C(/C=C\CC(C)C)=C/C)c3c(sc4cc5c(cc34)C(C)(C)CCC5(C)C)[B]c3cc(C(C)(C)CC)c(CC)cc32)C(C)C=C1. The van der Waals surface area contributed by atoms with Crippen molar-refractivity contribution in [1.82, 2.24) is 0 Å². The first-order valence-corrected chi connectivity index (χ1v) is 24.4. The Bertz CT molecular complexity index is 2410. The third kappa shape index (κ3) is 9.19. The summed E-state index contributed by atoms with van der Waals surface area (Å²) in [7, 11) is 2.56. The highest BCUT2D eigenvalue weighted by molar-refractivity contribution is 7.29. The van der Waals surface area contributed by atoms with Gasteiger partial charge in [-0.3, -0.25) is 0 Å². The van der Waals surface area contributed by atoms with E-state index in [2.05, 4.69) is 206 Å². The van der Waals surface area contributed by atoms with Gasteiger partial charge in [-0.15, -0.1) is 11.3 Å². The number of fused-ring (bicyclic) bond motifs is 5. The van der Waals surface area contributed by atoms with E-state index in [-0.39, 0.29) is 28.2 Å². The summed E-state index contributed by atoms with van der Waals surface area (Å²) in [5.41, 5.74) is 15.9. The second kappa shape index (κ2) is 18.8. The third-order valence-electron chi connectivity index (χ3n) is 14.3. The van der Waals surface area contributed by atoms with Gasteiger partial charge in [0, 0.05) is 33.7 Å². The highest BCUT2D eigenvalue weighted by atomic mass is 32.1. The van der Waals surface area contributed by atoms with Crippen LogP contribution in [0, 0.1) is 11.8 Å². The van der Waals surface area contributed by atoms with Gasteiger partial charge in [0.25, 0.3) is 0 Å². The zero-order valence-electron chi connectivity index (χ0n) is 40.9. The molecule has 0 fully saturated rings. The predicted octanol–water partition coefficient (Wildman–Crippen LogP) is 14.9. The molecule has 62 heavy (non-hydrogen) atoms. The van der Waals surface area contributed by atoms with Crippen molar-refractivity contribution in [2.24, 2.45) is 11.8 Å². The zero-order chi connectivity index (χ0) is 45.3. The van der Waals surface area contributed by atoms with E-state index >= 15 is 0 Å². The fourth-order valence-corrected chi connectivity index (χ4v) is 11.0. The van der Waals surface area contributed by atoms with Crippen LogP contribution in [0.3, 0.4) is 0 Å². The Hall–Kier alpha value is -4.28. The van der Waals surface area contributed by atoms with Gasteiger partial charge < -0.3 is 9.80 Å². The molecule has 0 saturated carbocycles. The number of anilines is 2. The van der Waals surface area contributed by atoms with Gasteiger partial charge in [-0.2, -0.15) is 0 Å². The number of rotatable bonds is 12. The molecule has 0 saturated heterocycles. The van der Waals surface area contributed by atoms with Crippen LogP contribution in [0.5, 0.6) is 0 Å². The van der Waals surface area contributed by atoms with Crippen molar-refractivity contribution >= 4 is 50.3 Å². The van der Waals surface area contributed by atoms with Gasteiger partial charge in [-0.25, -0.2) is 0 Å². The van der Waals surface area contributed by atoms with E-state index < -0.39 is 0 Å². The Labute approximate surface area is 382 Å². The van der Waals surface area contributed by atoms with Gasteiger partial charge >= 0.3 is 0 Å². The average Bonchev–Trinajstić information content (AvgIpc) is 3.59. The first-order valence-electron chi connectivity index (χ1n) is 23.6. The van der Waals surface area contributed by atoms with Crippen LogP contribution in [0.25, 0.3) is 10.1 Å². The summed E-state index contributed by atoms with van der Waals surface area (Å²) in [4.78, 5) is 5.28. The molecule has 6 rings (SSSR count). The van der Waals surface area contributed by atoms with E-state index in [1.165, 1.54) is 83.8 Å². The minimum Gasteiger partial charge on any atom is -0.337 e. The topological polar surface area (TPSA) is 6.48 Å². The van der Waals surface area contributed by atoms with E-state index in [0.717, 1.165) is 37.0 Å². The smallest absolute Gasteiger partial charge is 0.210 e. The van der Waals surface area contributed by atoms with Gasteiger partial charge in [-0.05, 0) is 161 Å². The van der Waals surface area contributed by atoms with Crippen molar-refractivity contribution in [3.63, 3.8) is 0 Å². The van der Waals surface area contributed by atoms with Gasteiger partial charge in [0.15, 0.2) is 0 Å². The van der Waals surface area contributed by atoms with Gasteiger partial charge in [0.1, 0.15) is 0 Å². The quantitative estimate of drug-likeness (QED) is 0.132. The average molecular weight is 844 g/mol. The molecule has 3 aliphatic rings. The number of hydrogen-bond donors (Lipinski definition) is 0. The summed E-state index contributed by atoms with van der Waals surface area (Å²) in [6, 6.07) is 10.4. The Morgan fingerprint density at radius 2 is 1.69 bits per heavy atom. The van der Waals surface area contributed by atoms with Crippen molar-refractivity contribution in [2.75, 3.05) is 16.3 Å². The van der Waals surface area contributed by atoms with E-state index in [9.17, 15) is 0 Å². The Kier molecular flexibility index (Phi) is 14.3. The summed E-state index contributed by atoms with van der Waals surface area (Å²) < 4.78 is 2.69. The van der Waals surface area contributed by atoms with Crippen molar-refractivity contribution in [3.8, 4) is 0 Å². The van der Waals surface area contributed by atoms with Gasteiger partial charge in [0.2, 0.25) is 7.28 Å². The van der Waals surface area contributed by atoms with Crippen LogP contribution in [-0.2, 0) is 22.7 Å². The molecule has 2 atom stereocenters. The first kappa shape index (κ1) is 47.2. The fourth-order valence-electron chi connectivity index (χ4n) is 9.84. The molecule has 2 unspecified atom stereocenters. The molecular weight excluding hydrogens is 768 g/mol. The molecule has 0 bridgehead atoms. The van der Waals surface area contributed by atoms with Crippen LogP contribution in [0.15, 0.2) is 132 Å². The molecule has 2 nitrogen and oxygen atoms in total. The van der Waals surface area contributed by atoms with Crippen molar-refractivity contribution in [1.29, 1.82) is 0 Å². The molecule has 327 valence electrons.